The zero-order valence-electron chi connectivity index (χ0n) is 10.8. The van der Waals surface area contributed by atoms with Crippen molar-refractivity contribution < 1.29 is 4.74 Å². The molecule has 2 N–H and O–H groups in total. The molecule has 2 aliphatic rings. The van der Waals surface area contributed by atoms with E-state index in [1.807, 2.05) is 0 Å². The van der Waals surface area contributed by atoms with Crippen molar-refractivity contribution in [2.24, 2.45) is 11.7 Å². The second-order valence-corrected chi connectivity index (χ2v) is 5.62. The Morgan fingerprint density at radius 2 is 2.06 bits per heavy atom. The Bertz CT molecular complexity index is 381. The summed E-state index contributed by atoms with van der Waals surface area (Å²) in [6, 6.07) is 11.1. The molecular weight excluding hydrogens is 224 g/mol. The third-order valence-corrected chi connectivity index (χ3v) is 4.28. The molecule has 3 nitrogen and oxygen atoms in total. The van der Waals surface area contributed by atoms with E-state index in [-0.39, 0.29) is 6.04 Å². The Hall–Kier alpha value is -0.900. The van der Waals surface area contributed by atoms with E-state index in [0.717, 1.165) is 19.8 Å². The van der Waals surface area contributed by atoms with Gasteiger partial charge < -0.3 is 15.4 Å². The molecule has 0 saturated carbocycles. The molecule has 0 radical (unpaired) electrons. The number of likely N-dealkylation sites (tertiary alicyclic amines) is 1. The molecule has 0 aliphatic carbocycles. The molecule has 2 fully saturated rings. The summed E-state index contributed by atoms with van der Waals surface area (Å²) in [6.45, 7) is 5.05. The number of hydrogen-bond donors (Lipinski definition) is 1. The lowest BCUT2D eigenvalue weighted by molar-refractivity contribution is 0.173. The van der Waals surface area contributed by atoms with Gasteiger partial charge in [-0.15, -0.1) is 0 Å². The van der Waals surface area contributed by atoms with E-state index >= 15 is 0 Å². The third kappa shape index (κ3) is 2.58. The maximum atomic E-state index is 6.05. The molecule has 3 heteroatoms. The summed E-state index contributed by atoms with van der Waals surface area (Å²) in [5.74, 6) is 1.23. The van der Waals surface area contributed by atoms with Crippen LogP contribution in [0.25, 0.3) is 0 Å². The van der Waals surface area contributed by atoms with Gasteiger partial charge in [0, 0.05) is 25.0 Å². The summed E-state index contributed by atoms with van der Waals surface area (Å²) in [5.41, 5.74) is 7.53. The van der Waals surface area contributed by atoms with Gasteiger partial charge in [0.15, 0.2) is 0 Å². The summed E-state index contributed by atoms with van der Waals surface area (Å²) < 4.78 is 5.44. The van der Waals surface area contributed by atoms with Crippen LogP contribution < -0.4 is 5.73 Å². The van der Waals surface area contributed by atoms with Crippen LogP contribution in [0.15, 0.2) is 30.3 Å². The van der Waals surface area contributed by atoms with Gasteiger partial charge in [-0.25, -0.2) is 0 Å². The Labute approximate surface area is 109 Å². The average Bonchev–Trinajstić information content (AvgIpc) is 3.02. The highest BCUT2D eigenvalue weighted by atomic mass is 16.5. The monoisotopic (exact) mass is 246 g/mol. The first-order chi connectivity index (χ1) is 8.83. The van der Waals surface area contributed by atoms with Gasteiger partial charge in [0.05, 0.1) is 13.2 Å². The van der Waals surface area contributed by atoms with Crippen LogP contribution >= 0.6 is 0 Å². The summed E-state index contributed by atoms with van der Waals surface area (Å²) in [6.07, 6.45) is 1.27. The first-order valence-corrected chi connectivity index (χ1v) is 6.93. The Morgan fingerprint density at radius 3 is 2.78 bits per heavy atom. The largest absolute Gasteiger partial charge is 0.379 e. The fraction of sp³-hybridized carbons (Fsp3) is 0.600. The van der Waals surface area contributed by atoms with Crippen LogP contribution in [0.4, 0.5) is 0 Å². The number of rotatable bonds is 3. The second kappa shape index (κ2) is 5.39. The molecule has 3 atom stereocenters. The Balaban J connectivity index is 1.55. The third-order valence-electron chi connectivity index (χ3n) is 4.28. The fourth-order valence-corrected chi connectivity index (χ4v) is 3.13. The van der Waals surface area contributed by atoms with Crippen molar-refractivity contribution in [3.05, 3.63) is 35.9 Å². The van der Waals surface area contributed by atoms with Crippen molar-refractivity contribution in [3.63, 3.8) is 0 Å². The van der Waals surface area contributed by atoms with E-state index in [9.17, 15) is 0 Å². The number of hydrogen-bond acceptors (Lipinski definition) is 3. The Kier molecular flexibility index (Phi) is 3.64. The van der Waals surface area contributed by atoms with Gasteiger partial charge in [-0.3, -0.25) is 0 Å². The van der Waals surface area contributed by atoms with Gasteiger partial charge in [0.2, 0.25) is 0 Å². The minimum atomic E-state index is 0.237. The molecule has 0 bridgehead atoms. The molecule has 18 heavy (non-hydrogen) atoms. The molecule has 2 saturated heterocycles. The molecular formula is C15H22N2O. The normalized spacial score (nSPS) is 33.1. The van der Waals surface area contributed by atoms with Gasteiger partial charge in [-0.1, -0.05) is 30.3 Å². The van der Waals surface area contributed by atoms with Crippen LogP contribution in [0, 0.1) is 5.92 Å². The number of ether oxygens (including phenoxy) is 1. The molecule has 1 aromatic rings. The van der Waals surface area contributed by atoms with Gasteiger partial charge in [0.25, 0.3) is 0 Å². The highest BCUT2D eigenvalue weighted by Crippen LogP contribution is 2.28. The summed E-state index contributed by atoms with van der Waals surface area (Å²) in [4.78, 5) is 2.55. The SMILES string of the molecule is NC1COCC1CN1CCC(c2ccccc2)C1. The van der Waals surface area contributed by atoms with Crippen molar-refractivity contribution in [2.45, 2.75) is 18.4 Å². The van der Waals surface area contributed by atoms with E-state index < -0.39 is 0 Å². The van der Waals surface area contributed by atoms with Gasteiger partial charge in [-0.05, 0) is 24.4 Å². The second-order valence-electron chi connectivity index (χ2n) is 5.62. The Morgan fingerprint density at radius 1 is 1.22 bits per heavy atom. The lowest BCUT2D eigenvalue weighted by Gasteiger charge is -2.22. The first kappa shape index (κ1) is 12.2. The summed E-state index contributed by atoms with van der Waals surface area (Å²) in [5, 5.41) is 0. The van der Waals surface area contributed by atoms with Crippen LogP contribution in [0.5, 0.6) is 0 Å². The zero-order valence-corrected chi connectivity index (χ0v) is 10.8. The lowest BCUT2D eigenvalue weighted by Crippen LogP contribution is -2.37. The highest BCUT2D eigenvalue weighted by molar-refractivity contribution is 5.21. The number of benzene rings is 1. The minimum Gasteiger partial charge on any atom is -0.379 e. The molecule has 1 aromatic carbocycles. The maximum Gasteiger partial charge on any atom is 0.0621 e. The van der Waals surface area contributed by atoms with Crippen LogP contribution in [-0.4, -0.2) is 43.8 Å². The molecule has 2 heterocycles. The summed E-state index contributed by atoms with van der Waals surface area (Å²) >= 11 is 0. The molecule has 3 rings (SSSR count). The average molecular weight is 246 g/mol. The molecule has 0 aromatic heterocycles. The number of nitrogens with two attached hydrogens (primary N) is 1. The predicted molar refractivity (Wildman–Crippen MR) is 72.5 cm³/mol. The lowest BCUT2D eigenvalue weighted by atomic mass is 9.99. The van der Waals surface area contributed by atoms with Crippen LogP contribution in [0.2, 0.25) is 0 Å². The fourth-order valence-electron chi connectivity index (χ4n) is 3.13. The highest BCUT2D eigenvalue weighted by Gasteiger charge is 2.30. The zero-order chi connectivity index (χ0) is 12.4. The molecule has 0 amide bonds. The van der Waals surface area contributed by atoms with Crippen molar-refractivity contribution in [1.29, 1.82) is 0 Å². The van der Waals surface area contributed by atoms with Crippen molar-refractivity contribution in [1.82, 2.24) is 4.90 Å². The van der Waals surface area contributed by atoms with Crippen molar-refractivity contribution in [2.75, 3.05) is 32.8 Å². The van der Waals surface area contributed by atoms with Crippen LogP contribution in [0.1, 0.15) is 17.9 Å². The number of nitrogens with zero attached hydrogens (tertiary/aromatic N) is 1. The quantitative estimate of drug-likeness (QED) is 0.877. The van der Waals surface area contributed by atoms with E-state index in [1.54, 1.807) is 0 Å². The van der Waals surface area contributed by atoms with Gasteiger partial charge in [-0.2, -0.15) is 0 Å². The maximum absolute atomic E-state index is 6.05. The predicted octanol–water partition coefficient (Wildman–Crippen LogP) is 1.45. The standard InChI is InChI=1S/C15H22N2O/c16-15-11-18-10-14(15)9-17-7-6-13(8-17)12-4-2-1-3-5-12/h1-5,13-15H,6-11,16H2. The summed E-state index contributed by atoms with van der Waals surface area (Å²) in [7, 11) is 0. The molecule has 98 valence electrons. The van der Waals surface area contributed by atoms with Crippen LogP contribution in [0.3, 0.4) is 0 Å². The van der Waals surface area contributed by atoms with Crippen molar-refractivity contribution in [3.8, 4) is 0 Å². The van der Waals surface area contributed by atoms with E-state index in [0.29, 0.717) is 11.8 Å². The van der Waals surface area contributed by atoms with E-state index in [4.69, 9.17) is 10.5 Å². The molecule has 2 aliphatic heterocycles. The topological polar surface area (TPSA) is 38.5 Å². The van der Waals surface area contributed by atoms with Gasteiger partial charge >= 0.3 is 0 Å². The van der Waals surface area contributed by atoms with E-state index in [2.05, 4.69) is 35.2 Å². The first-order valence-electron chi connectivity index (χ1n) is 6.93. The van der Waals surface area contributed by atoms with Crippen molar-refractivity contribution >= 4 is 0 Å². The van der Waals surface area contributed by atoms with Gasteiger partial charge in [0.1, 0.15) is 0 Å². The minimum absolute atomic E-state index is 0.237. The van der Waals surface area contributed by atoms with Crippen LogP contribution in [-0.2, 0) is 4.74 Å². The molecule has 3 unspecified atom stereocenters. The van der Waals surface area contributed by atoms with E-state index in [1.165, 1.54) is 25.1 Å². The molecule has 0 spiro atoms. The smallest absolute Gasteiger partial charge is 0.0621 e.